The highest BCUT2D eigenvalue weighted by Crippen LogP contribution is 2.31. The van der Waals surface area contributed by atoms with Crippen LogP contribution in [0.15, 0.2) is 72.8 Å². The van der Waals surface area contributed by atoms with Crippen molar-refractivity contribution in [1.29, 1.82) is 0 Å². The van der Waals surface area contributed by atoms with Crippen molar-refractivity contribution in [2.24, 2.45) is 0 Å². The van der Waals surface area contributed by atoms with Crippen LogP contribution in [0.2, 0.25) is 0 Å². The normalized spacial score (nSPS) is 13.9. The molecule has 1 aliphatic heterocycles. The number of hydrogen-bond donors (Lipinski definition) is 2. The van der Waals surface area contributed by atoms with Crippen LogP contribution >= 0.6 is 0 Å². The van der Waals surface area contributed by atoms with Gasteiger partial charge in [0, 0.05) is 44.0 Å². The van der Waals surface area contributed by atoms with E-state index in [1.54, 1.807) is 7.11 Å². The highest BCUT2D eigenvalue weighted by Gasteiger charge is 2.24. The first-order valence-corrected chi connectivity index (χ1v) is 15.4. The van der Waals surface area contributed by atoms with Crippen molar-refractivity contribution in [3.63, 3.8) is 0 Å². The Morgan fingerprint density at radius 2 is 1.45 bits per heavy atom. The summed E-state index contributed by atoms with van der Waals surface area (Å²) in [6, 6.07) is 23.6. The minimum absolute atomic E-state index is 0.00678. The quantitative estimate of drug-likeness (QED) is 0.201. The minimum Gasteiger partial charge on any atom is -0.495 e. The Hall–Kier alpha value is -4.00. The second kappa shape index (κ2) is 15.9. The topological polar surface area (TPSA) is 73.9 Å². The van der Waals surface area contributed by atoms with E-state index < -0.39 is 0 Å². The molecule has 2 amide bonds. The van der Waals surface area contributed by atoms with Gasteiger partial charge >= 0.3 is 0 Å². The van der Waals surface area contributed by atoms with Crippen LogP contribution < -0.4 is 25.2 Å². The molecule has 7 nitrogen and oxygen atoms in total. The highest BCUT2D eigenvalue weighted by molar-refractivity contribution is 6.02. The van der Waals surface area contributed by atoms with Crippen LogP contribution in [0.5, 0.6) is 5.75 Å². The fourth-order valence-corrected chi connectivity index (χ4v) is 5.54. The van der Waals surface area contributed by atoms with Gasteiger partial charge in [0.15, 0.2) is 0 Å². The maximum absolute atomic E-state index is 13.7. The number of carbonyl (C=O) groups is 2. The van der Waals surface area contributed by atoms with Gasteiger partial charge in [-0.05, 0) is 49.2 Å². The van der Waals surface area contributed by atoms with Crippen LogP contribution in [0, 0.1) is 0 Å². The Kier molecular flexibility index (Phi) is 11.7. The van der Waals surface area contributed by atoms with E-state index in [0.717, 1.165) is 61.7 Å². The molecule has 1 unspecified atom stereocenters. The molecule has 0 bridgehead atoms. The van der Waals surface area contributed by atoms with Gasteiger partial charge in [0.1, 0.15) is 5.75 Å². The Bertz CT molecular complexity index is 1290. The first-order chi connectivity index (χ1) is 20.5. The molecule has 2 N–H and O–H groups in total. The summed E-state index contributed by atoms with van der Waals surface area (Å²) in [5, 5.41) is 6.21. The van der Waals surface area contributed by atoms with Gasteiger partial charge in [-0.25, -0.2) is 0 Å². The van der Waals surface area contributed by atoms with E-state index in [2.05, 4.69) is 33.4 Å². The molecule has 1 saturated heterocycles. The zero-order valence-electron chi connectivity index (χ0n) is 25.4. The van der Waals surface area contributed by atoms with E-state index >= 15 is 0 Å². The summed E-state index contributed by atoms with van der Waals surface area (Å²) in [5.41, 5.74) is 4.22. The second-order valence-corrected chi connectivity index (χ2v) is 11.0. The number of nitrogens with zero attached hydrogens (tertiary/aromatic N) is 2. The molecule has 1 aliphatic rings. The number of nitrogens with one attached hydrogen (secondary N) is 2. The molecule has 0 aromatic heterocycles. The number of ether oxygens (including phenoxy) is 1. The zero-order chi connectivity index (χ0) is 29.7. The van der Waals surface area contributed by atoms with Gasteiger partial charge in [-0.1, -0.05) is 81.5 Å². The second-order valence-electron chi connectivity index (χ2n) is 11.0. The standard InChI is InChI=1S/C35H46N4O3/c1-4-5-6-7-8-12-19-34(40)37-29-20-21-31(30(26-29)35(41)36-27(2)28-15-10-9-11-16-28)38-22-24-39(25-23-38)32-17-13-14-18-33(32)42-3/h9-11,13-18,20-21,26-27H,4-8,12,19,22-25H2,1-3H3,(H,36,41)(H,37,40). The van der Waals surface area contributed by atoms with E-state index in [0.29, 0.717) is 17.7 Å². The summed E-state index contributed by atoms with van der Waals surface area (Å²) in [6.07, 6.45) is 7.31. The van der Waals surface area contributed by atoms with E-state index in [-0.39, 0.29) is 17.9 Å². The monoisotopic (exact) mass is 570 g/mol. The number of amides is 2. The van der Waals surface area contributed by atoms with Crippen LogP contribution in [0.25, 0.3) is 0 Å². The maximum Gasteiger partial charge on any atom is 0.253 e. The SMILES string of the molecule is CCCCCCCCC(=O)Nc1ccc(N2CCN(c3ccccc3OC)CC2)c(C(=O)NC(C)c2ccccc2)c1. The van der Waals surface area contributed by atoms with E-state index in [9.17, 15) is 9.59 Å². The summed E-state index contributed by atoms with van der Waals surface area (Å²) in [7, 11) is 1.70. The molecule has 1 atom stereocenters. The molecule has 0 saturated carbocycles. The lowest BCUT2D eigenvalue weighted by atomic mass is 10.1. The number of anilines is 3. The number of para-hydroxylation sites is 2. The van der Waals surface area contributed by atoms with Crippen molar-refractivity contribution >= 4 is 28.9 Å². The Morgan fingerprint density at radius 1 is 0.810 bits per heavy atom. The van der Waals surface area contributed by atoms with Gasteiger partial charge in [0.2, 0.25) is 5.91 Å². The predicted molar refractivity (Wildman–Crippen MR) is 173 cm³/mol. The number of rotatable bonds is 14. The number of methoxy groups -OCH3 is 1. The van der Waals surface area contributed by atoms with Crippen LogP contribution in [0.3, 0.4) is 0 Å². The van der Waals surface area contributed by atoms with Crippen LogP contribution in [0.1, 0.15) is 80.8 Å². The summed E-state index contributed by atoms with van der Waals surface area (Å²) >= 11 is 0. The van der Waals surface area contributed by atoms with Gasteiger partial charge in [-0.2, -0.15) is 0 Å². The number of carbonyl (C=O) groups excluding carboxylic acids is 2. The number of piperazine rings is 1. The van der Waals surface area contributed by atoms with Crippen molar-refractivity contribution in [2.75, 3.05) is 48.4 Å². The summed E-state index contributed by atoms with van der Waals surface area (Å²) in [6.45, 7) is 7.33. The van der Waals surface area contributed by atoms with Crippen LogP contribution in [-0.2, 0) is 4.79 Å². The molecule has 224 valence electrons. The molecule has 0 radical (unpaired) electrons. The smallest absolute Gasteiger partial charge is 0.253 e. The first kappa shape index (κ1) is 30.9. The van der Waals surface area contributed by atoms with Gasteiger partial charge in [0.25, 0.3) is 5.91 Å². The lowest BCUT2D eigenvalue weighted by Gasteiger charge is -2.38. The molecule has 3 aromatic carbocycles. The molecule has 1 fully saturated rings. The summed E-state index contributed by atoms with van der Waals surface area (Å²) in [4.78, 5) is 31.0. The van der Waals surface area contributed by atoms with E-state index in [1.807, 2.05) is 73.7 Å². The summed E-state index contributed by atoms with van der Waals surface area (Å²) in [5.74, 6) is 0.704. The lowest BCUT2D eigenvalue weighted by Crippen LogP contribution is -2.47. The lowest BCUT2D eigenvalue weighted by molar-refractivity contribution is -0.116. The van der Waals surface area contributed by atoms with Crippen molar-refractivity contribution < 1.29 is 14.3 Å². The maximum atomic E-state index is 13.7. The predicted octanol–water partition coefficient (Wildman–Crippen LogP) is 7.20. The van der Waals surface area contributed by atoms with Gasteiger partial charge in [0.05, 0.1) is 24.4 Å². The zero-order valence-corrected chi connectivity index (χ0v) is 25.4. The third-order valence-electron chi connectivity index (χ3n) is 7.98. The Labute approximate surface area is 251 Å². The number of hydrogen-bond acceptors (Lipinski definition) is 5. The fourth-order valence-electron chi connectivity index (χ4n) is 5.54. The molecule has 42 heavy (non-hydrogen) atoms. The van der Waals surface area contributed by atoms with E-state index in [1.165, 1.54) is 25.7 Å². The van der Waals surface area contributed by atoms with Crippen molar-refractivity contribution in [3.05, 3.63) is 83.9 Å². The number of benzene rings is 3. The Balaban J connectivity index is 1.47. The molecule has 0 aliphatic carbocycles. The van der Waals surface area contributed by atoms with Crippen LogP contribution in [0.4, 0.5) is 17.1 Å². The third-order valence-corrected chi connectivity index (χ3v) is 7.98. The average molecular weight is 571 g/mol. The largest absolute Gasteiger partial charge is 0.495 e. The van der Waals surface area contributed by atoms with Crippen LogP contribution in [-0.4, -0.2) is 45.1 Å². The molecule has 7 heteroatoms. The summed E-state index contributed by atoms with van der Waals surface area (Å²) < 4.78 is 5.58. The molecule has 0 spiro atoms. The number of unbranched alkanes of at least 4 members (excludes halogenated alkanes) is 5. The van der Waals surface area contributed by atoms with Crippen molar-refractivity contribution in [2.45, 2.75) is 64.8 Å². The molecule has 4 rings (SSSR count). The van der Waals surface area contributed by atoms with Gasteiger partial charge in [-0.15, -0.1) is 0 Å². The van der Waals surface area contributed by atoms with Crippen molar-refractivity contribution in [3.8, 4) is 5.75 Å². The van der Waals surface area contributed by atoms with E-state index in [4.69, 9.17) is 4.74 Å². The molecule has 3 aromatic rings. The molecule has 1 heterocycles. The highest BCUT2D eigenvalue weighted by atomic mass is 16.5. The van der Waals surface area contributed by atoms with Crippen molar-refractivity contribution in [1.82, 2.24) is 5.32 Å². The van der Waals surface area contributed by atoms with Gasteiger partial charge in [-0.3, -0.25) is 9.59 Å². The first-order valence-electron chi connectivity index (χ1n) is 15.4. The average Bonchev–Trinajstić information content (AvgIpc) is 3.03. The molecular formula is C35H46N4O3. The fraction of sp³-hybridized carbons (Fsp3) is 0.429. The van der Waals surface area contributed by atoms with Gasteiger partial charge < -0.3 is 25.2 Å². The minimum atomic E-state index is -0.153. The molecular weight excluding hydrogens is 524 g/mol. The Morgan fingerprint density at radius 3 is 2.17 bits per heavy atom. The third kappa shape index (κ3) is 8.51.